The van der Waals surface area contributed by atoms with Crippen LogP contribution in [0.1, 0.15) is 0 Å². The van der Waals surface area contributed by atoms with Crippen LogP contribution in [-0.4, -0.2) is 9.97 Å². The van der Waals surface area contributed by atoms with Crippen molar-refractivity contribution in [3.63, 3.8) is 0 Å². The molecule has 0 fully saturated rings. The third kappa shape index (κ3) is 2.02. The molecule has 0 aliphatic carbocycles. The summed E-state index contributed by atoms with van der Waals surface area (Å²) in [6.07, 6.45) is 0. The Morgan fingerprint density at radius 3 is 2.83 bits per heavy atom. The second kappa shape index (κ2) is 4.57. The van der Waals surface area contributed by atoms with E-state index < -0.39 is 0 Å². The SMILES string of the molecule is Fc1cc2nc(-c3cccs3)nc(Cl)c2cc1Br. The highest BCUT2D eigenvalue weighted by Crippen LogP contribution is 2.30. The lowest BCUT2D eigenvalue weighted by atomic mass is 10.2. The summed E-state index contributed by atoms with van der Waals surface area (Å²) in [4.78, 5) is 9.48. The molecule has 0 aliphatic rings. The minimum atomic E-state index is -0.366. The Labute approximate surface area is 120 Å². The summed E-state index contributed by atoms with van der Waals surface area (Å²) in [6.45, 7) is 0. The third-order valence-electron chi connectivity index (χ3n) is 2.43. The van der Waals surface area contributed by atoms with Crippen LogP contribution in [0.15, 0.2) is 34.1 Å². The number of hydrogen-bond acceptors (Lipinski definition) is 3. The average Bonchev–Trinajstić information content (AvgIpc) is 2.85. The summed E-state index contributed by atoms with van der Waals surface area (Å²) in [5, 5.41) is 2.88. The first kappa shape index (κ1) is 12.0. The Morgan fingerprint density at radius 2 is 2.11 bits per heavy atom. The van der Waals surface area contributed by atoms with Gasteiger partial charge in [-0.1, -0.05) is 17.7 Å². The highest BCUT2D eigenvalue weighted by Gasteiger charge is 2.11. The van der Waals surface area contributed by atoms with Crippen molar-refractivity contribution in [2.75, 3.05) is 0 Å². The second-order valence-corrected chi connectivity index (χ2v) is 5.76. The lowest BCUT2D eigenvalue weighted by Crippen LogP contribution is -1.91. The van der Waals surface area contributed by atoms with E-state index in [9.17, 15) is 4.39 Å². The van der Waals surface area contributed by atoms with Gasteiger partial charge >= 0.3 is 0 Å². The zero-order valence-electron chi connectivity index (χ0n) is 8.82. The maximum Gasteiger partial charge on any atom is 0.171 e. The number of rotatable bonds is 1. The molecule has 0 radical (unpaired) electrons. The lowest BCUT2D eigenvalue weighted by Gasteiger charge is -2.04. The van der Waals surface area contributed by atoms with Gasteiger partial charge in [0, 0.05) is 11.5 Å². The van der Waals surface area contributed by atoms with Crippen molar-refractivity contribution in [3.8, 4) is 10.7 Å². The summed E-state index contributed by atoms with van der Waals surface area (Å²) in [6, 6.07) is 6.75. The van der Waals surface area contributed by atoms with E-state index in [1.807, 2.05) is 17.5 Å². The molecule has 3 aromatic rings. The molecule has 0 spiro atoms. The van der Waals surface area contributed by atoms with Crippen LogP contribution in [0.3, 0.4) is 0 Å². The molecule has 90 valence electrons. The van der Waals surface area contributed by atoms with Crippen LogP contribution < -0.4 is 0 Å². The highest BCUT2D eigenvalue weighted by molar-refractivity contribution is 9.10. The third-order valence-corrected chi connectivity index (χ3v) is 4.19. The molecule has 0 N–H and O–H groups in total. The van der Waals surface area contributed by atoms with E-state index in [-0.39, 0.29) is 5.82 Å². The number of hydrogen-bond donors (Lipinski definition) is 0. The molecule has 0 saturated carbocycles. The van der Waals surface area contributed by atoms with Crippen molar-refractivity contribution >= 4 is 49.8 Å². The summed E-state index contributed by atoms with van der Waals surface area (Å²) in [7, 11) is 0. The van der Waals surface area contributed by atoms with E-state index >= 15 is 0 Å². The zero-order valence-corrected chi connectivity index (χ0v) is 12.0. The summed E-state index contributed by atoms with van der Waals surface area (Å²) in [5.41, 5.74) is 0.499. The zero-order chi connectivity index (χ0) is 12.7. The van der Waals surface area contributed by atoms with E-state index in [1.54, 1.807) is 6.07 Å². The fourth-order valence-corrected chi connectivity index (χ4v) is 2.83. The standard InChI is InChI=1S/C12H5BrClFN2S/c13-7-4-6-9(5-8(7)15)16-12(17-11(6)14)10-2-1-3-18-10/h1-5H. The quantitative estimate of drug-likeness (QED) is 0.587. The predicted octanol–water partition coefficient (Wildman–Crippen LogP) is 4.91. The van der Waals surface area contributed by atoms with Crippen LogP contribution in [0.25, 0.3) is 21.6 Å². The van der Waals surface area contributed by atoms with Crippen LogP contribution in [0.5, 0.6) is 0 Å². The van der Waals surface area contributed by atoms with E-state index in [0.717, 1.165) is 4.88 Å². The molecule has 0 unspecified atom stereocenters. The number of aromatic nitrogens is 2. The van der Waals surface area contributed by atoms with E-state index in [0.29, 0.717) is 26.4 Å². The van der Waals surface area contributed by atoms with Gasteiger partial charge in [0.2, 0.25) is 0 Å². The maximum atomic E-state index is 13.5. The first-order valence-electron chi connectivity index (χ1n) is 5.01. The van der Waals surface area contributed by atoms with Crippen molar-refractivity contribution < 1.29 is 4.39 Å². The molecular formula is C12H5BrClFN2S. The van der Waals surface area contributed by atoms with Gasteiger partial charge in [-0.05, 0) is 33.4 Å². The molecule has 18 heavy (non-hydrogen) atoms. The van der Waals surface area contributed by atoms with Gasteiger partial charge in [-0.25, -0.2) is 14.4 Å². The predicted molar refractivity (Wildman–Crippen MR) is 75.5 cm³/mol. The second-order valence-electron chi connectivity index (χ2n) is 3.60. The van der Waals surface area contributed by atoms with Gasteiger partial charge in [-0.3, -0.25) is 0 Å². The molecule has 0 amide bonds. The molecule has 0 atom stereocenters. The topological polar surface area (TPSA) is 25.8 Å². The Hall–Kier alpha value is -1.04. The first-order chi connectivity index (χ1) is 8.65. The number of nitrogens with zero attached hydrogens (tertiary/aromatic N) is 2. The van der Waals surface area contributed by atoms with Gasteiger partial charge in [0.15, 0.2) is 5.82 Å². The van der Waals surface area contributed by atoms with Crippen LogP contribution in [0.2, 0.25) is 5.15 Å². The van der Waals surface area contributed by atoms with Gasteiger partial charge in [-0.15, -0.1) is 11.3 Å². The first-order valence-corrected chi connectivity index (χ1v) is 7.06. The van der Waals surface area contributed by atoms with Crippen molar-refractivity contribution in [1.82, 2.24) is 9.97 Å². The minimum absolute atomic E-state index is 0.323. The number of benzene rings is 1. The number of halogens is 3. The molecule has 6 heteroatoms. The Bertz CT molecular complexity index is 731. The molecule has 0 bridgehead atoms. The van der Waals surface area contributed by atoms with E-state index in [2.05, 4.69) is 25.9 Å². The van der Waals surface area contributed by atoms with Gasteiger partial charge in [0.1, 0.15) is 11.0 Å². The van der Waals surface area contributed by atoms with E-state index in [4.69, 9.17) is 11.6 Å². The molecule has 3 rings (SSSR count). The molecule has 2 heterocycles. The smallest absolute Gasteiger partial charge is 0.171 e. The lowest BCUT2D eigenvalue weighted by molar-refractivity contribution is 0.623. The number of thiophene rings is 1. The summed E-state index contributed by atoms with van der Waals surface area (Å²) in [5.74, 6) is 0.151. The van der Waals surface area contributed by atoms with Gasteiger partial charge in [0.25, 0.3) is 0 Å². The number of fused-ring (bicyclic) bond motifs is 1. The van der Waals surface area contributed by atoms with Crippen LogP contribution >= 0.6 is 38.9 Å². The Balaban J connectivity index is 2.30. The van der Waals surface area contributed by atoms with E-state index in [1.165, 1.54) is 17.4 Å². The molecule has 0 aliphatic heterocycles. The summed E-state index contributed by atoms with van der Waals surface area (Å²) >= 11 is 10.7. The molecule has 2 nitrogen and oxygen atoms in total. The van der Waals surface area contributed by atoms with Crippen LogP contribution in [0.4, 0.5) is 4.39 Å². The monoisotopic (exact) mass is 342 g/mol. The van der Waals surface area contributed by atoms with Crippen molar-refractivity contribution in [2.45, 2.75) is 0 Å². The van der Waals surface area contributed by atoms with Crippen LogP contribution in [0, 0.1) is 5.82 Å². The van der Waals surface area contributed by atoms with Gasteiger partial charge < -0.3 is 0 Å². The fourth-order valence-electron chi connectivity index (χ4n) is 1.60. The molecule has 2 aromatic heterocycles. The molecule has 1 aromatic carbocycles. The van der Waals surface area contributed by atoms with Crippen molar-refractivity contribution in [2.24, 2.45) is 0 Å². The highest BCUT2D eigenvalue weighted by atomic mass is 79.9. The molecular weight excluding hydrogens is 339 g/mol. The van der Waals surface area contributed by atoms with Gasteiger partial charge in [-0.2, -0.15) is 0 Å². The fraction of sp³-hybridized carbons (Fsp3) is 0. The minimum Gasteiger partial charge on any atom is -0.227 e. The Kier molecular flexibility index (Phi) is 3.05. The van der Waals surface area contributed by atoms with Crippen molar-refractivity contribution in [1.29, 1.82) is 0 Å². The van der Waals surface area contributed by atoms with Gasteiger partial charge in [0.05, 0.1) is 14.9 Å². The largest absolute Gasteiger partial charge is 0.227 e. The van der Waals surface area contributed by atoms with Crippen molar-refractivity contribution in [3.05, 3.63) is 45.1 Å². The Morgan fingerprint density at radius 1 is 1.28 bits per heavy atom. The molecule has 0 saturated heterocycles. The normalized spacial score (nSPS) is 11.1. The summed E-state index contributed by atoms with van der Waals surface area (Å²) < 4.78 is 13.9. The maximum absolute atomic E-state index is 13.5. The van der Waals surface area contributed by atoms with Crippen LogP contribution in [-0.2, 0) is 0 Å². The average molecular weight is 344 g/mol.